The minimum absolute atomic E-state index is 0.106. The monoisotopic (exact) mass is 505 g/mol. The molecule has 174 valence electrons. The summed E-state index contributed by atoms with van der Waals surface area (Å²) in [5.41, 5.74) is 8.00. The van der Waals surface area contributed by atoms with Gasteiger partial charge in [0.05, 0.1) is 30.5 Å². The third-order valence-corrected chi connectivity index (χ3v) is 8.69. The van der Waals surface area contributed by atoms with Gasteiger partial charge in [0.2, 0.25) is 0 Å². The summed E-state index contributed by atoms with van der Waals surface area (Å²) in [5.74, 6) is 0. The average molecular weight is 506 g/mol. The third-order valence-electron chi connectivity index (χ3n) is 4.85. The molecule has 11 heteroatoms. The largest absolute Gasteiger partial charge is 0.398 e. The zero-order valence-electron chi connectivity index (χ0n) is 17.8. The summed E-state index contributed by atoms with van der Waals surface area (Å²) in [6.45, 7) is -0.539. The highest BCUT2D eigenvalue weighted by Crippen LogP contribution is 2.28. The highest BCUT2D eigenvalue weighted by atomic mass is 32.2. The molecule has 0 radical (unpaired) electrons. The molecule has 0 amide bonds. The molecule has 1 aromatic heterocycles. The lowest BCUT2D eigenvalue weighted by atomic mass is 10.1. The van der Waals surface area contributed by atoms with Crippen LogP contribution in [0.15, 0.2) is 70.3 Å². The van der Waals surface area contributed by atoms with Crippen molar-refractivity contribution in [3.8, 4) is 6.07 Å². The number of rotatable bonds is 10. The molecule has 0 aliphatic heterocycles. The molecular weight excluding hydrogens is 482 g/mol. The van der Waals surface area contributed by atoms with Gasteiger partial charge in [0.25, 0.3) is 20.1 Å². The van der Waals surface area contributed by atoms with Crippen molar-refractivity contribution in [2.24, 2.45) is 0 Å². The van der Waals surface area contributed by atoms with Gasteiger partial charge in [-0.3, -0.25) is 4.18 Å². The number of nitriles is 1. The fraction of sp³-hybridized carbons (Fsp3) is 0.227. The number of benzene rings is 2. The highest BCUT2D eigenvalue weighted by Gasteiger charge is 2.34. The smallest absolute Gasteiger partial charge is 0.264 e. The second-order valence-electron chi connectivity index (χ2n) is 7.34. The number of hydrogen-bond acceptors (Lipinski definition) is 8. The molecule has 2 N–H and O–H groups in total. The van der Waals surface area contributed by atoms with Gasteiger partial charge in [0, 0.05) is 12.2 Å². The summed E-state index contributed by atoms with van der Waals surface area (Å²) >= 11 is 1.06. The highest BCUT2D eigenvalue weighted by molar-refractivity contribution is 7.91. The van der Waals surface area contributed by atoms with Crippen LogP contribution in [0.2, 0.25) is 0 Å². The fourth-order valence-electron chi connectivity index (χ4n) is 3.25. The van der Waals surface area contributed by atoms with E-state index in [2.05, 4.69) is 0 Å². The molecule has 33 heavy (non-hydrogen) atoms. The van der Waals surface area contributed by atoms with Crippen molar-refractivity contribution in [2.75, 3.05) is 18.6 Å². The van der Waals surface area contributed by atoms with Gasteiger partial charge in [-0.15, -0.1) is 11.3 Å². The Hall–Kier alpha value is -2.75. The molecule has 0 spiro atoms. The van der Waals surface area contributed by atoms with Gasteiger partial charge in [0.1, 0.15) is 4.21 Å². The van der Waals surface area contributed by atoms with Crippen LogP contribution in [0.5, 0.6) is 0 Å². The van der Waals surface area contributed by atoms with Crippen LogP contribution in [0.3, 0.4) is 0 Å². The standard InChI is InChI=1S/C22H23N3O5S3/c1-32(26,27)30-16-20(13-17-6-3-2-4-7-17)25(33(28,29)22-8-5-11-31-22)15-19-12-18(14-23)9-10-21(19)24/h2-12,20H,13,15-16,24H2,1H3. The van der Waals surface area contributed by atoms with Crippen molar-refractivity contribution < 1.29 is 21.0 Å². The SMILES string of the molecule is CS(=O)(=O)OCC(Cc1ccccc1)N(Cc1cc(C#N)ccc1N)S(=O)(=O)c1cccs1. The molecule has 0 fully saturated rings. The Balaban J connectivity index is 2.09. The lowest BCUT2D eigenvalue weighted by Crippen LogP contribution is -2.44. The van der Waals surface area contributed by atoms with Crippen LogP contribution < -0.4 is 5.73 Å². The van der Waals surface area contributed by atoms with E-state index in [9.17, 15) is 22.1 Å². The first-order valence-corrected chi connectivity index (χ1v) is 14.0. The Labute approximate surface area is 198 Å². The zero-order valence-corrected chi connectivity index (χ0v) is 20.2. The fourth-order valence-corrected chi connectivity index (χ4v) is 6.36. The van der Waals surface area contributed by atoms with E-state index in [1.54, 1.807) is 23.6 Å². The van der Waals surface area contributed by atoms with Crippen molar-refractivity contribution in [1.29, 1.82) is 5.26 Å². The lowest BCUT2D eigenvalue weighted by Gasteiger charge is -2.31. The maximum Gasteiger partial charge on any atom is 0.264 e. The first-order valence-electron chi connectivity index (χ1n) is 9.82. The summed E-state index contributed by atoms with van der Waals surface area (Å²) in [7, 11) is -7.86. The van der Waals surface area contributed by atoms with Crippen LogP contribution >= 0.6 is 11.3 Å². The van der Waals surface area contributed by atoms with E-state index in [0.717, 1.165) is 23.2 Å². The molecule has 2 aromatic carbocycles. The second-order valence-corrected chi connectivity index (χ2v) is 12.0. The summed E-state index contributed by atoms with van der Waals surface area (Å²) in [4.78, 5) is 0. The minimum atomic E-state index is -4.04. The van der Waals surface area contributed by atoms with Gasteiger partial charge in [-0.25, -0.2) is 8.42 Å². The predicted octanol–water partition coefficient (Wildman–Crippen LogP) is 2.98. The molecule has 0 aliphatic rings. The van der Waals surface area contributed by atoms with Crippen molar-refractivity contribution in [1.82, 2.24) is 4.31 Å². The van der Waals surface area contributed by atoms with E-state index in [1.165, 1.54) is 16.4 Å². The van der Waals surface area contributed by atoms with Crippen LogP contribution in [0, 0.1) is 11.3 Å². The number of anilines is 1. The van der Waals surface area contributed by atoms with Crippen molar-refractivity contribution in [2.45, 2.75) is 23.2 Å². The van der Waals surface area contributed by atoms with Gasteiger partial charge in [-0.2, -0.15) is 18.0 Å². The number of hydrogen-bond donors (Lipinski definition) is 1. The molecule has 0 saturated heterocycles. The Kier molecular flexibility index (Phi) is 7.88. The average Bonchev–Trinajstić information content (AvgIpc) is 3.32. The maximum absolute atomic E-state index is 13.6. The molecule has 1 atom stereocenters. The summed E-state index contributed by atoms with van der Waals surface area (Å²) in [6, 6.07) is 18.0. The maximum atomic E-state index is 13.6. The van der Waals surface area contributed by atoms with Crippen molar-refractivity contribution in [3.05, 3.63) is 82.7 Å². The number of sulfonamides is 1. The van der Waals surface area contributed by atoms with Crippen LogP contribution in [0.4, 0.5) is 5.69 Å². The Morgan fingerprint density at radius 1 is 1.09 bits per heavy atom. The minimum Gasteiger partial charge on any atom is -0.398 e. The van der Waals surface area contributed by atoms with E-state index in [4.69, 9.17) is 9.92 Å². The quantitative estimate of drug-likeness (QED) is 0.331. The van der Waals surface area contributed by atoms with Crippen LogP contribution in [0.1, 0.15) is 16.7 Å². The molecule has 8 nitrogen and oxygen atoms in total. The topological polar surface area (TPSA) is 131 Å². The molecular formula is C22H23N3O5S3. The molecule has 0 bridgehead atoms. The summed E-state index contributed by atoms with van der Waals surface area (Å²) < 4.78 is 57.1. The number of thiophene rings is 1. The van der Waals surface area contributed by atoms with E-state index in [1.807, 2.05) is 36.4 Å². The second kappa shape index (κ2) is 10.5. The van der Waals surface area contributed by atoms with Crippen molar-refractivity contribution in [3.63, 3.8) is 0 Å². The first kappa shape index (κ1) is 24.9. The van der Waals surface area contributed by atoms with Crippen LogP contribution in [0.25, 0.3) is 0 Å². The van der Waals surface area contributed by atoms with E-state index < -0.39 is 26.2 Å². The van der Waals surface area contributed by atoms with Gasteiger partial charge >= 0.3 is 0 Å². The van der Waals surface area contributed by atoms with E-state index in [0.29, 0.717) is 16.8 Å². The molecule has 3 rings (SSSR count). The van der Waals surface area contributed by atoms with E-state index >= 15 is 0 Å². The molecule has 1 unspecified atom stereocenters. The Bertz CT molecular complexity index is 1330. The zero-order chi connectivity index (χ0) is 24.1. The summed E-state index contributed by atoms with van der Waals surface area (Å²) in [6.07, 6.45) is 1.12. The molecule has 3 aromatic rings. The Morgan fingerprint density at radius 2 is 1.82 bits per heavy atom. The predicted molar refractivity (Wildman–Crippen MR) is 127 cm³/mol. The lowest BCUT2D eigenvalue weighted by molar-refractivity contribution is 0.204. The Morgan fingerprint density at radius 3 is 2.42 bits per heavy atom. The van der Waals surface area contributed by atoms with Crippen LogP contribution in [-0.2, 0) is 37.3 Å². The van der Waals surface area contributed by atoms with Gasteiger partial charge in [-0.1, -0.05) is 36.4 Å². The summed E-state index contributed by atoms with van der Waals surface area (Å²) in [5, 5.41) is 10.9. The first-order chi connectivity index (χ1) is 15.6. The molecule has 0 saturated carbocycles. The van der Waals surface area contributed by atoms with Crippen LogP contribution in [-0.4, -0.2) is 40.0 Å². The molecule has 1 heterocycles. The van der Waals surface area contributed by atoms with E-state index in [-0.39, 0.29) is 23.8 Å². The normalized spacial score (nSPS) is 13.0. The number of nitrogen functional groups attached to an aromatic ring is 1. The van der Waals surface area contributed by atoms with Gasteiger partial charge in [-0.05, 0) is 47.2 Å². The van der Waals surface area contributed by atoms with Crippen molar-refractivity contribution >= 4 is 37.2 Å². The van der Waals surface area contributed by atoms with Gasteiger partial charge < -0.3 is 5.73 Å². The van der Waals surface area contributed by atoms with Gasteiger partial charge in [0.15, 0.2) is 0 Å². The number of nitrogens with two attached hydrogens (primary N) is 1. The molecule has 0 aliphatic carbocycles. The third kappa shape index (κ3) is 6.63. The number of nitrogens with zero attached hydrogens (tertiary/aromatic N) is 2.